The maximum atomic E-state index is 12.7. The van der Waals surface area contributed by atoms with Crippen molar-refractivity contribution >= 4 is 28.2 Å². The molecule has 0 spiro atoms. The normalized spacial score (nSPS) is 11.2. The molecule has 0 fully saturated rings. The molecule has 0 aliphatic rings. The monoisotopic (exact) mass is 419 g/mol. The van der Waals surface area contributed by atoms with Crippen molar-refractivity contribution in [3.8, 4) is 0 Å². The van der Waals surface area contributed by atoms with Crippen LogP contribution in [0.4, 0.5) is 0 Å². The first kappa shape index (κ1) is 23.3. The molecule has 7 heteroatoms. The number of thiocarbonyl (C=S) groups is 1. The molecule has 160 valence electrons. The lowest BCUT2D eigenvalue weighted by atomic mass is 10.0. The van der Waals surface area contributed by atoms with Gasteiger partial charge in [-0.05, 0) is 74.6 Å². The quantitative estimate of drug-likeness (QED) is 0.401. The second-order valence-electron chi connectivity index (χ2n) is 7.50. The van der Waals surface area contributed by atoms with E-state index < -0.39 is 0 Å². The van der Waals surface area contributed by atoms with E-state index in [4.69, 9.17) is 17.0 Å². The Morgan fingerprint density at radius 2 is 1.90 bits per heavy atom. The molecule has 1 heterocycles. The van der Waals surface area contributed by atoms with E-state index in [1.54, 1.807) is 7.11 Å². The molecule has 1 aromatic heterocycles. The molecule has 0 aliphatic heterocycles. The van der Waals surface area contributed by atoms with Gasteiger partial charge in [-0.25, -0.2) is 0 Å². The first-order valence-electron chi connectivity index (χ1n) is 10.4. The smallest absolute Gasteiger partial charge is 0.253 e. The van der Waals surface area contributed by atoms with Crippen molar-refractivity contribution in [2.75, 3.05) is 46.4 Å². The summed E-state index contributed by atoms with van der Waals surface area (Å²) in [5.74, 6) is 0. The highest BCUT2D eigenvalue weighted by atomic mass is 32.1. The van der Waals surface area contributed by atoms with Crippen LogP contribution >= 0.6 is 12.2 Å². The van der Waals surface area contributed by atoms with Crippen molar-refractivity contribution in [3.05, 3.63) is 45.2 Å². The number of H-pyrrole nitrogens is 1. The Hall–Kier alpha value is -1.96. The number of rotatable bonds is 10. The van der Waals surface area contributed by atoms with Crippen molar-refractivity contribution in [1.29, 1.82) is 0 Å². The van der Waals surface area contributed by atoms with E-state index in [0.717, 1.165) is 42.6 Å². The molecular weight excluding hydrogens is 384 g/mol. The molecule has 0 bridgehead atoms. The number of aryl methyl sites for hydroxylation is 2. The predicted octanol–water partition coefficient (Wildman–Crippen LogP) is 1.39. The number of hydrogen-bond acceptors (Lipinski definition) is 3. The van der Waals surface area contributed by atoms with E-state index in [1.807, 2.05) is 12.1 Å². The molecule has 2 aromatic rings. The molecule has 2 rings (SSSR count). The fourth-order valence-corrected chi connectivity index (χ4v) is 3.62. The van der Waals surface area contributed by atoms with Crippen LogP contribution in [-0.2, 0) is 11.3 Å². The third-order valence-electron chi connectivity index (χ3n) is 5.50. The molecule has 6 nitrogen and oxygen atoms in total. The summed E-state index contributed by atoms with van der Waals surface area (Å²) in [6, 6.07) is 6.16. The van der Waals surface area contributed by atoms with Gasteiger partial charge in [0.2, 0.25) is 0 Å². The molecule has 0 radical (unpaired) electrons. The number of quaternary nitrogens is 1. The number of nitrogens with zero attached hydrogens (tertiary/aromatic N) is 1. The highest BCUT2D eigenvalue weighted by molar-refractivity contribution is 7.80. The van der Waals surface area contributed by atoms with Crippen molar-refractivity contribution in [1.82, 2.24) is 15.2 Å². The second kappa shape index (κ2) is 11.3. The van der Waals surface area contributed by atoms with Gasteiger partial charge in [-0.15, -0.1) is 0 Å². The largest absolute Gasteiger partial charge is 0.383 e. The number of methoxy groups -OCH3 is 1. The lowest BCUT2D eigenvalue weighted by Crippen LogP contribution is -3.12. The van der Waals surface area contributed by atoms with Gasteiger partial charge < -0.3 is 24.8 Å². The Bertz CT molecular complexity index is 877. The Morgan fingerprint density at radius 3 is 2.55 bits per heavy atom. The molecular formula is C22H35N4O2S+. The number of hydrogen-bond donors (Lipinski definition) is 3. The maximum absolute atomic E-state index is 12.7. The van der Waals surface area contributed by atoms with E-state index in [0.29, 0.717) is 24.8 Å². The minimum Gasteiger partial charge on any atom is -0.383 e. The Labute approximate surface area is 179 Å². The zero-order valence-electron chi connectivity index (χ0n) is 18.4. The molecule has 0 atom stereocenters. The molecule has 3 N–H and O–H groups in total. The number of pyridine rings is 1. The number of ether oxygens (including phenoxy) is 1. The highest BCUT2D eigenvalue weighted by Gasteiger charge is 2.16. The number of aromatic nitrogens is 1. The van der Waals surface area contributed by atoms with Crippen molar-refractivity contribution in [3.63, 3.8) is 0 Å². The molecule has 29 heavy (non-hydrogen) atoms. The Morgan fingerprint density at radius 1 is 1.21 bits per heavy atom. The average Bonchev–Trinajstić information content (AvgIpc) is 2.69. The van der Waals surface area contributed by atoms with Gasteiger partial charge in [0.15, 0.2) is 5.11 Å². The standard InChI is InChI=1S/C22H34N4O2S/c1-6-25(7-2)9-10-26(22(29)23-8-11-28-5)15-19-14-18-12-16(3)17(4)13-20(18)24-21(19)27/h12-14H,6-11,15H2,1-5H3,(H,23,29)(H,24,27)/p+1. The molecule has 0 saturated heterocycles. The van der Waals surface area contributed by atoms with Gasteiger partial charge in [0.1, 0.15) is 0 Å². The van der Waals surface area contributed by atoms with Crippen LogP contribution in [-0.4, -0.2) is 61.4 Å². The summed E-state index contributed by atoms with van der Waals surface area (Å²) in [4.78, 5) is 19.4. The van der Waals surface area contributed by atoms with Crippen LogP contribution in [0.3, 0.4) is 0 Å². The second-order valence-corrected chi connectivity index (χ2v) is 7.89. The van der Waals surface area contributed by atoms with Gasteiger partial charge in [0, 0.05) is 24.7 Å². The van der Waals surface area contributed by atoms with Crippen LogP contribution in [0.25, 0.3) is 10.9 Å². The SMILES string of the molecule is CC[NH+](CC)CCN(Cc1cc2cc(C)c(C)cc2[nH]c1=O)C(=S)NCCOC. The summed E-state index contributed by atoms with van der Waals surface area (Å²) in [6.07, 6.45) is 0. The van der Waals surface area contributed by atoms with E-state index in [2.05, 4.69) is 49.0 Å². The van der Waals surface area contributed by atoms with Gasteiger partial charge in [-0.1, -0.05) is 0 Å². The van der Waals surface area contributed by atoms with E-state index >= 15 is 0 Å². The predicted molar refractivity (Wildman–Crippen MR) is 124 cm³/mol. The van der Waals surface area contributed by atoms with Gasteiger partial charge in [-0.3, -0.25) is 4.79 Å². The molecule has 0 unspecified atom stereocenters. The third-order valence-corrected chi connectivity index (χ3v) is 5.90. The van der Waals surface area contributed by atoms with Crippen LogP contribution < -0.4 is 15.8 Å². The summed E-state index contributed by atoms with van der Waals surface area (Å²) >= 11 is 5.63. The summed E-state index contributed by atoms with van der Waals surface area (Å²) in [6.45, 7) is 14.2. The lowest BCUT2D eigenvalue weighted by Gasteiger charge is -2.27. The van der Waals surface area contributed by atoms with Gasteiger partial charge in [0.25, 0.3) is 5.56 Å². The zero-order chi connectivity index (χ0) is 21.4. The van der Waals surface area contributed by atoms with Crippen molar-refractivity contribution in [2.45, 2.75) is 34.2 Å². The fraction of sp³-hybridized carbons (Fsp3) is 0.545. The van der Waals surface area contributed by atoms with E-state index in [9.17, 15) is 4.79 Å². The van der Waals surface area contributed by atoms with Crippen LogP contribution in [0.5, 0.6) is 0 Å². The average molecular weight is 420 g/mol. The van der Waals surface area contributed by atoms with Crippen molar-refractivity contribution in [2.24, 2.45) is 0 Å². The summed E-state index contributed by atoms with van der Waals surface area (Å²) in [5.41, 5.74) is 3.94. The van der Waals surface area contributed by atoms with Gasteiger partial charge in [-0.2, -0.15) is 0 Å². The molecule has 0 aliphatic carbocycles. The minimum atomic E-state index is -0.0550. The summed E-state index contributed by atoms with van der Waals surface area (Å²) in [5, 5.41) is 4.96. The highest BCUT2D eigenvalue weighted by Crippen LogP contribution is 2.17. The van der Waals surface area contributed by atoms with Crippen molar-refractivity contribution < 1.29 is 9.64 Å². The van der Waals surface area contributed by atoms with Crippen LogP contribution in [0, 0.1) is 13.8 Å². The fourth-order valence-electron chi connectivity index (χ4n) is 3.37. The van der Waals surface area contributed by atoms with Crippen LogP contribution in [0.1, 0.15) is 30.5 Å². The number of aromatic amines is 1. The molecule has 0 saturated carbocycles. The lowest BCUT2D eigenvalue weighted by molar-refractivity contribution is -0.895. The van der Waals surface area contributed by atoms with Crippen LogP contribution in [0.2, 0.25) is 0 Å². The minimum absolute atomic E-state index is 0.0550. The van der Waals surface area contributed by atoms with Gasteiger partial charge in [0.05, 0.1) is 39.3 Å². The zero-order valence-corrected chi connectivity index (χ0v) is 19.2. The topological polar surface area (TPSA) is 61.8 Å². The molecule has 1 aromatic carbocycles. The van der Waals surface area contributed by atoms with E-state index in [1.165, 1.54) is 16.0 Å². The number of likely N-dealkylation sites (N-methyl/N-ethyl adjacent to an activating group) is 1. The Balaban J connectivity index is 2.25. The third kappa shape index (κ3) is 6.52. The first-order valence-corrected chi connectivity index (χ1v) is 10.8. The first-order chi connectivity index (χ1) is 13.9. The maximum Gasteiger partial charge on any atom is 0.253 e. The number of fused-ring (bicyclic) bond motifs is 1. The van der Waals surface area contributed by atoms with Gasteiger partial charge >= 0.3 is 0 Å². The number of nitrogens with one attached hydrogen (secondary N) is 3. The Kier molecular flexibility index (Phi) is 9.07. The molecule has 0 amide bonds. The number of benzene rings is 1. The summed E-state index contributed by atoms with van der Waals surface area (Å²) < 4.78 is 5.11. The summed E-state index contributed by atoms with van der Waals surface area (Å²) in [7, 11) is 1.67. The van der Waals surface area contributed by atoms with Crippen LogP contribution in [0.15, 0.2) is 23.0 Å². The van der Waals surface area contributed by atoms with E-state index in [-0.39, 0.29) is 5.56 Å².